The minimum absolute atomic E-state index is 0.0516. The van der Waals surface area contributed by atoms with Crippen molar-refractivity contribution in [1.82, 2.24) is 0 Å². The number of ether oxygens (including phenoxy) is 3. The minimum Gasteiger partial charge on any atom is -0.462 e. The summed E-state index contributed by atoms with van der Waals surface area (Å²) in [6, 6.07) is 0. The van der Waals surface area contributed by atoms with E-state index in [4.69, 9.17) is 14.2 Å². The zero-order valence-corrected chi connectivity index (χ0v) is 24.6. The second-order valence-electron chi connectivity index (χ2n) is 12.6. The van der Waals surface area contributed by atoms with Crippen LogP contribution in [0, 0.1) is 23.7 Å². The van der Waals surface area contributed by atoms with Crippen LogP contribution in [-0.4, -0.2) is 37.4 Å². The maximum atomic E-state index is 12.8. The molecular weight excluding hydrogens is 476 g/mol. The summed E-state index contributed by atoms with van der Waals surface area (Å²) >= 11 is 0. The largest absolute Gasteiger partial charge is 0.462 e. The molecule has 3 aliphatic carbocycles. The lowest BCUT2D eigenvalue weighted by atomic mass is 9.70. The highest BCUT2D eigenvalue weighted by molar-refractivity contribution is 5.86. The van der Waals surface area contributed by atoms with Crippen LogP contribution in [0.25, 0.3) is 0 Å². The first-order valence-corrected chi connectivity index (χ1v) is 16.1. The van der Waals surface area contributed by atoms with Crippen molar-refractivity contribution in [3.05, 3.63) is 12.2 Å². The molecule has 3 rings (SSSR count). The number of unbranched alkanes of at least 4 members (excludes halogenated alkanes) is 4. The smallest absolute Gasteiger partial charge is 0.333 e. The molecule has 0 heterocycles. The Labute approximate surface area is 232 Å². The fourth-order valence-corrected chi connectivity index (χ4v) is 6.94. The summed E-state index contributed by atoms with van der Waals surface area (Å²) in [4.78, 5) is 24.2. The van der Waals surface area contributed by atoms with E-state index < -0.39 is 0 Å². The molecule has 3 saturated carbocycles. The maximum Gasteiger partial charge on any atom is 0.333 e. The standard InChI is InChI=1S/C33H56O5/c1-4-5-10-26-11-13-27(14-12-26)28-15-21-31(22-16-28)38-33(35)29-17-19-30(20-18-29)36-23-8-6-7-9-24-37-32(34)25(2)3/h26-31H,2,4-24H2,1,3H3/t26-,27-,28?,29-,30-,31?. The Morgan fingerprint density at radius 2 is 1.29 bits per heavy atom. The van der Waals surface area contributed by atoms with Crippen LogP contribution in [0.15, 0.2) is 12.2 Å². The predicted molar refractivity (Wildman–Crippen MR) is 153 cm³/mol. The van der Waals surface area contributed by atoms with Crippen molar-refractivity contribution < 1.29 is 23.8 Å². The minimum atomic E-state index is -0.300. The molecule has 0 unspecified atom stereocenters. The molecule has 0 atom stereocenters. The molecule has 0 aromatic carbocycles. The normalized spacial score (nSPS) is 29.9. The third-order valence-electron chi connectivity index (χ3n) is 9.51. The molecule has 0 aliphatic heterocycles. The lowest BCUT2D eigenvalue weighted by Gasteiger charge is -2.38. The van der Waals surface area contributed by atoms with Gasteiger partial charge < -0.3 is 14.2 Å². The van der Waals surface area contributed by atoms with E-state index >= 15 is 0 Å². The molecule has 38 heavy (non-hydrogen) atoms. The first-order valence-electron chi connectivity index (χ1n) is 16.1. The van der Waals surface area contributed by atoms with Crippen molar-refractivity contribution in [3.63, 3.8) is 0 Å². The van der Waals surface area contributed by atoms with Crippen LogP contribution in [0.4, 0.5) is 0 Å². The Hall–Kier alpha value is -1.36. The average molecular weight is 533 g/mol. The highest BCUT2D eigenvalue weighted by Gasteiger charge is 2.34. The van der Waals surface area contributed by atoms with E-state index in [9.17, 15) is 9.59 Å². The number of hydrogen-bond acceptors (Lipinski definition) is 5. The van der Waals surface area contributed by atoms with Crippen molar-refractivity contribution in [2.24, 2.45) is 23.7 Å². The van der Waals surface area contributed by atoms with E-state index in [0.29, 0.717) is 12.2 Å². The Kier molecular flexibility index (Phi) is 14.2. The molecule has 0 saturated heterocycles. The number of rotatable bonds is 15. The second kappa shape index (κ2) is 17.4. The molecule has 0 amide bonds. The second-order valence-corrected chi connectivity index (χ2v) is 12.6. The third kappa shape index (κ3) is 11.0. The van der Waals surface area contributed by atoms with Gasteiger partial charge in [-0.3, -0.25) is 4.79 Å². The molecule has 0 N–H and O–H groups in total. The Morgan fingerprint density at radius 3 is 1.89 bits per heavy atom. The summed E-state index contributed by atoms with van der Waals surface area (Å²) in [5.74, 6) is 2.59. The lowest BCUT2D eigenvalue weighted by Crippen LogP contribution is -2.33. The van der Waals surface area contributed by atoms with Crippen molar-refractivity contribution in [2.45, 2.75) is 148 Å². The van der Waals surface area contributed by atoms with Gasteiger partial charge in [0.05, 0.1) is 18.6 Å². The van der Waals surface area contributed by atoms with Crippen LogP contribution < -0.4 is 0 Å². The van der Waals surface area contributed by atoms with Gasteiger partial charge in [-0.25, -0.2) is 4.79 Å². The highest BCUT2D eigenvalue weighted by atomic mass is 16.5. The van der Waals surface area contributed by atoms with Gasteiger partial charge in [-0.05, 0) is 108 Å². The fraction of sp³-hybridized carbons (Fsp3) is 0.879. The van der Waals surface area contributed by atoms with Gasteiger partial charge in [0.15, 0.2) is 0 Å². The van der Waals surface area contributed by atoms with Gasteiger partial charge in [-0.2, -0.15) is 0 Å². The molecule has 0 spiro atoms. The molecule has 3 fully saturated rings. The van der Waals surface area contributed by atoms with E-state index in [0.717, 1.165) is 88.6 Å². The molecule has 5 nitrogen and oxygen atoms in total. The molecular formula is C33H56O5. The SMILES string of the molecule is C=C(C)C(=O)OCCCCCCO[C@H]1CC[C@H](C(=O)OC2CCC([C@H]3CC[C@H](CCCC)CC3)CC2)CC1. The number of carbonyl (C=O) groups excluding carboxylic acids is 2. The van der Waals surface area contributed by atoms with Gasteiger partial charge in [0.1, 0.15) is 6.10 Å². The molecule has 218 valence electrons. The first-order chi connectivity index (χ1) is 18.5. The van der Waals surface area contributed by atoms with Crippen molar-refractivity contribution in [2.75, 3.05) is 13.2 Å². The van der Waals surface area contributed by atoms with Gasteiger partial charge in [-0.1, -0.05) is 52.0 Å². The fourth-order valence-electron chi connectivity index (χ4n) is 6.94. The van der Waals surface area contributed by atoms with Crippen LogP contribution in [-0.2, 0) is 23.8 Å². The van der Waals surface area contributed by atoms with Gasteiger partial charge in [0.25, 0.3) is 0 Å². The topological polar surface area (TPSA) is 61.8 Å². The first kappa shape index (κ1) is 31.2. The highest BCUT2D eigenvalue weighted by Crippen LogP contribution is 2.42. The number of esters is 2. The monoisotopic (exact) mass is 532 g/mol. The van der Waals surface area contributed by atoms with Crippen LogP contribution in [0.2, 0.25) is 0 Å². The molecule has 5 heteroatoms. The van der Waals surface area contributed by atoms with Crippen LogP contribution in [0.3, 0.4) is 0 Å². The van der Waals surface area contributed by atoms with E-state index in [1.54, 1.807) is 6.92 Å². The Bertz CT molecular complexity index is 694. The van der Waals surface area contributed by atoms with E-state index in [2.05, 4.69) is 13.5 Å². The predicted octanol–water partition coefficient (Wildman–Crippen LogP) is 8.34. The van der Waals surface area contributed by atoms with E-state index in [1.807, 2.05) is 0 Å². The zero-order chi connectivity index (χ0) is 27.2. The Balaban J connectivity index is 1.19. The summed E-state index contributed by atoms with van der Waals surface area (Å²) in [5, 5.41) is 0. The average Bonchev–Trinajstić information content (AvgIpc) is 2.94. The molecule has 3 aliphatic rings. The van der Waals surface area contributed by atoms with E-state index in [1.165, 1.54) is 57.8 Å². The summed E-state index contributed by atoms with van der Waals surface area (Å²) in [7, 11) is 0. The number of carbonyl (C=O) groups is 2. The third-order valence-corrected chi connectivity index (χ3v) is 9.51. The summed E-state index contributed by atoms with van der Waals surface area (Å²) < 4.78 is 17.2. The van der Waals surface area contributed by atoms with Crippen LogP contribution >= 0.6 is 0 Å². The molecule has 0 bridgehead atoms. The van der Waals surface area contributed by atoms with E-state index in [-0.39, 0.29) is 30.1 Å². The van der Waals surface area contributed by atoms with Crippen LogP contribution in [0.5, 0.6) is 0 Å². The molecule has 0 aromatic rings. The van der Waals surface area contributed by atoms with Crippen molar-refractivity contribution >= 4 is 11.9 Å². The van der Waals surface area contributed by atoms with Crippen molar-refractivity contribution in [1.29, 1.82) is 0 Å². The number of hydrogen-bond donors (Lipinski definition) is 0. The Morgan fingerprint density at radius 1 is 0.711 bits per heavy atom. The maximum absolute atomic E-state index is 12.8. The summed E-state index contributed by atoms with van der Waals surface area (Å²) in [6.45, 7) is 8.80. The van der Waals surface area contributed by atoms with Crippen molar-refractivity contribution in [3.8, 4) is 0 Å². The lowest BCUT2D eigenvalue weighted by molar-refractivity contribution is -0.158. The quantitative estimate of drug-likeness (QED) is 0.120. The molecule has 0 radical (unpaired) electrons. The van der Waals surface area contributed by atoms with Gasteiger partial charge in [0.2, 0.25) is 0 Å². The van der Waals surface area contributed by atoms with Gasteiger partial charge >= 0.3 is 11.9 Å². The van der Waals surface area contributed by atoms with Gasteiger partial charge in [0, 0.05) is 12.2 Å². The summed E-state index contributed by atoms with van der Waals surface area (Å²) in [6.07, 6.45) is 22.8. The molecule has 0 aromatic heterocycles. The van der Waals surface area contributed by atoms with Gasteiger partial charge in [-0.15, -0.1) is 0 Å². The summed E-state index contributed by atoms with van der Waals surface area (Å²) in [5.41, 5.74) is 0.453. The van der Waals surface area contributed by atoms with Crippen LogP contribution in [0.1, 0.15) is 136 Å². The zero-order valence-electron chi connectivity index (χ0n) is 24.6.